The van der Waals surface area contributed by atoms with E-state index < -0.39 is 6.09 Å². The number of anilines is 1. The first-order chi connectivity index (χ1) is 11.5. The molecule has 1 aromatic carbocycles. The number of hydrogen-bond donors (Lipinski definition) is 3. The number of nitrogens with one attached hydrogen (secondary N) is 1. The molecule has 1 atom stereocenters. The molecule has 2 heterocycles. The van der Waals surface area contributed by atoms with Gasteiger partial charge in [-0.3, -0.25) is 4.79 Å². The van der Waals surface area contributed by atoms with Gasteiger partial charge in [0.1, 0.15) is 0 Å². The van der Waals surface area contributed by atoms with Crippen LogP contribution < -0.4 is 11.1 Å². The zero-order valence-corrected chi connectivity index (χ0v) is 13.9. The van der Waals surface area contributed by atoms with Crippen molar-refractivity contribution in [3.05, 3.63) is 42.0 Å². The maximum absolute atomic E-state index is 12.5. The van der Waals surface area contributed by atoms with Gasteiger partial charge >= 0.3 is 6.09 Å². The monoisotopic (exact) mass is 345 g/mol. The molecule has 6 nitrogen and oxygen atoms in total. The molecule has 0 aliphatic carbocycles. The van der Waals surface area contributed by atoms with E-state index in [-0.39, 0.29) is 11.9 Å². The average Bonchev–Trinajstić information content (AvgIpc) is 2.98. The van der Waals surface area contributed by atoms with E-state index in [4.69, 9.17) is 10.8 Å². The Kier molecular flexibility index (Phi) is 4.71. The molecule has 0 unspecified atom stereocenters. The predicted octanol–water partition coefficient (Wildman–Crippen LogP) is 2.87. The molecule has 126 valence electrons. The van der Waals surface area contributed by atoms with E-state index in [2.05, 4.69) is 5.32 Å². The van der Waals surface area contributed by atoms with Gasteiger partial charge in [-0.25, -0.2) is 4.79 Å². The first-order valence-corrected chi connectivity index (χ1v) is 8.59. The highest BCUT2D eigenvalue weighted by Crippen LogP contribution is 2.33. The second-order valence-electron chi connectivity index (χ2n) is 5.80. The van der Waals surface area contributed by atoms with Gasteiger partial charge in [-0.15, -0.1) is 11.3 Å². The van der Waals surface area contributed by atoms with Crippen LogP contribution in [0, 0.1) is 0 Å². The molecule has 0 spiro atoms. The summed E-state index contributed by atoms with van der Waals surface area (Å²) in [6, 6.07) is 11.4. The topological polar surface area (TPSA) is 95.7 Å². The van der Waals surface area contributed by atoms with Crippen LogP contribution in [0.2, 0.25) is 0 Å². The number of carboxylic acid groups (broad SMARTS) is 1. The van der Waals surface area contributed by atoms with Crippen LogP contribution in [0.25, 0.3) is 10.4 Å². The van der Waals surface area contributed by atoms with E-state index in [1.54, 1.807) is 6.07 Å². The van der Waals surface area contributed by atoms with Crippen molar-refractivity contribution in [1.82, 2.24) is 10.2 Å². The zero-order valence-electron chi connectivity index (χ0n) is 13.1. The van der Waals surface area contributed by atoms with Crippen LogP contribution in [-0.2, 0) is 0 Å². The van der Waals surface area contributed by atoms with Gasteiger partial charge in [0.25, 0.3) is 5.91 Å². The summed E-state index contributed by atoms with van der Waals surface area (Å²) in [4.78, 5) is 25.8. The Morgan fingerprint density at radius 1 is 1.29 bits per heavy atom. The molecule has 1 saturated heterocycles. The van der Waals surface area contributed by atoms with Crippen molar-refractivity contribution in [1.29, 1.82) is 0 Å². The summed E-state index contributed by atoms with van der Waals surface area (Å²) in [6.45, 7) is 0.830. The molecule has 1 fully saturated rings. The lowest BCUT2D eigenvalue weighted by atomic mass is 10.1. The molecule has 0 saturated carbocycles. The van der Waals surface area contributed by atoms with Crippen molar-refractivity contribution in [3.8, 4) is 10.4 Å². The minimum absolute atomic E-state index is 0.179. The molecular formula is C17H19N3O3S. The smallest absolute Gasteiger partial charge is 0.407 e. The summed E-state index contributed by atoms with van der Waals surface area (Å²) in [7, 11) is 0. The van der Waals surface area contributed by atoms with Crippen molar-refractivity contribution in [2.45, 2.75) is 18.9 Å². The average molecular weight is 345 g/mol. The van der Waals surface area contributed by atoms with Gasteiger partial charge in [0.05, 0.1) is 10.6 Å². The SMILES string of the molecule is Nc1sc(-c2ccccc2)cc1C(=O)N[C@H]1CCCN(C(=O)O)C1. The number of thiophene rings is 1. The molecule has 2 amide bonds. The van der Waals surface area contributed by atoms with Crippen molar-refractivity contribution in [2.75, 3.05) is 18.8 Å². The van der Waals surface area contributed by atoms with Crippen LogP contribution in [0.1, 0.15) is 23.2 Å². The molecule has 7 heteroatoms. The fourth-order valence-electron chi connectivity index (χ4n) is 2.86. The van der Waals surface area contributed by atoms with Gasteiger partial charge in [-0.05, 0) is 24.5 Å². The van der Waals surface area contributed by atoms with E-state index in [0.29, 0.717) is 23.7 Å². The Morgan fingerprint density at radius 3 is 2.75 bits per heavy atom. The van der Waals surface area contributed by atoms with E-state index in [0.717, 1.165) is 23.3 Å². The minimum Gasteiger partial charge on any atom is -0.465 e. The Morgan fingerprint density at radius 2 is 2.04 bits per heavy atom. The number of nitrogens with zero attached hydrogens (tertiary/aromatic N) is 1. The van der Waals surface area contributed by atoms with Gasteiger partial charge in [-0.1, -0.05) is 30.3 Å². The molecule has 24 heavy (non-hydrogen) atoms. The highest BCUT2D eigenvalue weighted by Gasteiger charge is 2.25. The van der Waals surface area contributed by atoms with Crippen LogP contribution in [0.4, 0.5) is 9.80 Å². The maximum Gasteiger partial charge on any atom is 0.407 e. The number of hydrogen-bond acceptors (Lipinski definition) is 4. The predicted molar refractivity (Wildman–Crippen MR) is 94.3 cm³/mol. The highest BCUT2D eigenvalue weighted by atomic mass is 32.1. The molecular weight excluding hydrogens is 326 g/mol. The molecule has 0 bridgehead atoms. The standard InChI is InChI=1S/C17H19N3O3S/c18-15-13(9-14(24-15)11-5-2-1-3-6-11)16(21)19-12-7-4-8-20(10-12)17(22)23/h1-3,5-6,9,12H,4,7-8,10,18H2,(H,19,21)(H,22,23)/t12-/m0/s1. The Labute approximate surface area is 143 Å². The minimum atomic E-state index is -0.949. The van der Waals surface area contributed by atoms with Crippen LogP contribution >= 0.6 is 11.3 Å². The van der Waals surface area contributed by atoms with Crippen molar-refractivity contribution in [2.24, 2.45) is 0 Å². The molecule has 4 N–H and O–H groups in total. The van der Waals surface area contributed by atoms with Crippen LogP contribution in [0.15, 0.2) is 36.4 Å². The number of nitrogen functional groups attached to an aromatic ring is 1. The van der Waals surface area contributed by atoms with Crippen LogP contribution in [-0.4, -0.2) is 41.1 Å². The summed E-state index contributed by atoms with van der Waals surface area (Å²) < 4.78 is 0. The second-order valence-corrected chi connectivity index (χ2v) is 6.88. The summed E-state index contributed by atoms with van der Waals surface area (Å²) >= 11 is 1.38. The summed E-state index contributed by atoms with van der Waals surface area (Å²) in [5.41, 5.74) is 7.48. The lowest BCUT2D eigenvalue weighted by molar-refractivity contribution is 0.0889. The molecule has 2 aromatic rings. The first-order valence-electron chi connectivity index (χ1n) is 7.78. The number of piperidine rings is 1. The molecule has 1 aliphatic heterocycles. The molecule has 3 rings (SSSR count). The van der Waals surface area contributed by atoms with E-state index in [1.807, 2.05) is 30.3 Å². The van der Waals surface area contributed by atoms with Gasteiger partial charge in [0.15, 0.2) is 0 Å². The number of amides is 2. The number of benzene rings is 1. The number of nitrogens with two attached hydrogens (primary N) is 1. The Balaban J connectivity index is 1.71. The third-order valence-electron chi connectivity index (χ3n) is 4.09. The summed E-state index contributed by atoms with van der Waals surface area (Å²) in [5.74, 6) is -0.247. The normalized spacial score (nSPS) is 17.5. The fraction of sp³-hybridized carbons (Fsp3) is 0.294. The Hall–Kier alpha value is -2.54. The summed E-state index contributed by atoms with van der Waals surface area (Å²) in [5, 5.41) is 12.5. The van der Waals surface area contributed by atoms with Crippen molar-refractivity contribution < 1.29 is 14.7 Å². The maximum atomic E-state index is 12.5. The Bertz CT molecular complexity index is 745. The number of likely N-dealkylation sites (tertiary alicyclic amines) is 1. The largest absolute Gasteiger partial charge is 0.465 e. The van der Waals surface area contributed by atoms with E-state index in [1.165, 1.54) is 16.2 Å². The van der Waals surface area contributed by atoms with Gasteiger partial charge in [0, 0.05) is 24.0 Å². The molecule has 1 aromatic heterocycles. The highest BCUT2D eigenvalue weighted by molar-refractivity contribution is 7.19. The van der Waals surface area contributed by atoms with Gasteiger partial charge < -0.3 is 21.1 Å². The third-order valence-corrected chi connectivity index (χ3v) is 5.10. The summed E-state index contributed by atoms with van der Waals surface area (Å²) in [6.07, 6.45) is 0.562. The number of rotatable bonds is 3. The fourth-order valence-corrected chi connectivity index (χ4v) is 3.79. The third kappa shape index (κ3) is 3.51. The lowest BCUT2D eigenvalue weighted by Crippen LogP contribution is -2.49. The van der Waals surface area contributed by atoms with Gasteiger partial charge in [-0.2, -0.15) is 0 Å². The van der Waals surface area contributed by atoms with Crippen molar-refractivity contribution in [3.63, 3.8) is 0 Å². The van der Waals surface area contributed by atoms with Crippen LogP contribution in [0.5, 0.6) is 0 Å². The molecule has 0 radical (unpaired) electrons. The van der Waals surface area contributed by atoms with E-state index >= 15 is 0 Å². The van der Waals surface area contributed by atoms with Crippen molar-refractivity contribution >= 4 is 28.3 Å². The second kappa shape index (κ2) is 6.92. The molecule has 1 aliphatic rings. The van der Waals surface area contributed by atoms with Gasteiger partial charge in [0.2, 0.25) is 0 Å². The lowest BCUT2D eigenvalue weighted by Gasteiger charge is -2.31. The number of carbonyl (C=O) groups excluding carboxylic acids is 1. The zero-order chi connectivity index (χ0) is 17.1. The number of carbonyl (C=O) groups is 2. The van der Waals surface area contributed by atoms with Crippen LogP contribution in [0.3, 0.4) is 0 Å². The quantitative estimate of drug-likeness (QED) is 0.797. The first kappa shape index (κ1) is 16.3. The van der Waals surface area contributed by atoms with E-state index in [9.17, 15) is 9.59 Å².